The quantitative estimate of drug-likeness (QED) is 0.718. The molecular weight excluding hydrogens is 366 g/mol. The van der Waals surface area contributed by atoms with Gasteiger partial charge in [-0.15, -0.1) is 0 Å². The molecule has 6 nitrogen and oxygen atoms in total. The lowest BCUT2D eigenvalue weighted by atomic mass is 10.0. The van der Waals surface area contributed by atoms with E-state index in [-0.39, 0.29) is 18.7 Å². The summed E-state index contributed by atoms with van der Waals surface area (Å²) in [5.41, 5.74) is 3.39. The minimum atomic E-state index is -0.979. The number of halogens is 1. The van der Waals surface area contributed by atoms with Gasteiger partial charge >= 0.3 is 5.97 Å². The summed E-state index contributed by atoms with van der Waals surface area (Å²) in [5.74, 6) is -0.756. The van der Waals surface area contributed by atoms with E-state index >= 15 is 0 Å². The molecule has 0 saturated heterocycles. The molecule has 2 N–H and O–H groups in total. The highest BCUT2D eigenvalue weighted by atomic mass is 35.5. The third kappa shape index (κ3) is 5.82. The van der Waals surface area contributed by atoms with Crippen molar-refractivity contribution in [3.63, 3.8) is 0 Å². The highest BCUT2D eigenvalue weighted by Crippen LogP contribution is 2.21. The summed E-state index contributed by atoms with van der Waals surface area (Å²) in [5, 5.41) is 17.1. The van der Waals surface area contributed by atoms with Crippen molar-refractivity contribution in [2.45, 2.75) is 53.1 Å². The van der Waals surface area contributed by atoms with Gasteiger partial charge in [0.15, 0.2) is 0 Å². The first-order valence-corrected chi connectivity index (χ1v) is 9.34. The molecule has 1 amide bonds. The first kappa shape index (κ1) is 21.0. The van der Waals surface area contributed by atoms with Crippen LogP contribution in [0.3, 0.4) is 0 Å². The maximum Gasteiger partial charge on any atom is 0.305 e. The summed E-state index contributed by atoms with van der Waals surface area (Å²) in [6.45, 7) is 8.87. The summed E-state index contributed by atoms with van der Waals surface area (Å²) >= 11 is 5.90. The number of benzene rings is 1. The number of nitrogens with one attached hydrogen (secondary N) is 1. The van der Waals surface area contributed by atoms with Gasteiger partial charge in [-0.1, -0.05) is 37.6 Å². The Morgan fingerprint density at radius 1 is 1.22 bits per heavy atom. The standard InChI is InChI=1S/C20H26ClN3O3/c1-12(2)11-24-14(4)17(13(3)23-24)9-19(25)22-18(10-20(26)27)15-5-7-16(21)8-6-15/h5-8,12,18H,9-11H2,1-4H3,(H,22,25)(H,26,27)/t18-/m0/s1. The smallest absolute Gasteiger partial charge is 0.305 e. The van der Waals surface area contributed by atoms with Crippen LogP contribution in [0, 0.1) is 19.8 Å². The fourth-order valence-corrected chi connectivity index (χ4v) is 3.17. The number of aliphatic carboxylic acids is 1. The van der Waals surface area contributed by atoms with Gasteiger partial charge in [-0.05, 0) is 37.5 Å². The first-order valence-electron chi connectivity index (χ1n) is 8.96. The van der Waals surface area contributed by atoms with Gasteiger partial charge in [0.25, 0.3) is 0 Å². The van der Waals surface area contributed by atoms with Gasteiger partial charge in [0.05, 0.1) is 24.6 Å². The third-order valence-electron chi connectivity index (χ3n) is 4.39. The molecule has 0 unspecified atom stereocenters. The lowest BCUT2D eigenvalue weighted by Crippen LogP contribution is -2.31. The van der Waals surface area contributed by atoms with Crippen LogP contribution in [-0.2, 0) is 22.6 Å². The van der Waals surface area contributed by atoms with E-state index in [2.05, 4.69) is 24.3 Å². The summed E-state index contributed by atoms with van der Waals surface area (Å²) < 4.78 is 1.93. The Balaban J connectivity index is 2.15. The number of carboxylic acids is 1. The lowest BCUT2D eigenvalue weighted by molar-refractivity contribution is -0.137. The molecule has 0 fully saturated rings. The van der Waals surface area contributed by atoms with Gasteiger partial charge in [-0.25, -0.2) is 0 Å². The first-order chi connectivity index (χ1) is 12.7. The Morgan fingerprint density at radius 2 is 1.85 bits per heavy atom. The monoisotopic (exact) mass is 391 g/mol. The fraction of sp³-hybridized carbons (Fsp3) is 0.450. The van der Waals surface area contributed by atoms with E-state index in [4.69, 9.17) is 11.6 Å². The maximum absolute atomic E-state index is 12.6. The SMILES string of the molecule is Cc1nn(CC(C)C)c(C)c1CC(=O)N[C@@H](CC(=O)O)c1ccc(Cl)cc1. The van der Waals surface area contributed by atoms with Gasteiger partial charge < -0.3 is 10.4 Å². The number of carbonyl (C=O) groups excluding carboxylic acids is 1. The van der Waals surface area contributed by atoms with Gasteiger partial charge in [0.1, 0.15) is 0 Å². The molecule has 146 valence electrons. The molecule has 0 radical (unpaired) electrons. The van der Waals surface area contributed by atoms with Crippen molar-refractivity contribution in [2.24, 2.45) is 5.92 Å². The van der Waals surface area contributed by atoms with Crippen LogP contribution in [-0.4, -0.2) is 26.8 Å². The Kier molecular flexibility index (Phi) is 7.02. The van der Waals surface area contributed by atoms with Gasteiger partial charge in [-0.2, -0.15) is 5.10 Å². The Hall–Kier alpha value is -2.34. The van der Waals surface area contributed by atoms with Crippen LogP contribution in [0.2, 0.25) is 5.02 Å². The van der Waals surface area contributed by atoms with E-state index in [0.29, 0.717) is 16.5 Å². The van der Waals surface area contributed by atoms with E-state index in [0.717, 1.165) is 23.5 Å². The van der Waals surface area contributed by atoms with Crippen molar-refractivity contribution in [3.05, 3.63) is 51.8 Å². The predicted molar refractivity (Wildman–Crippen MR) is 105 cm³/mol. The maximum atomic E-state index is 12.6. The Morgan fingerprint density at radius 3 is 2.41 bits per heavy atom. The van der Waals surface area contributed by atoms with Crippen molar-refractivity contribution in [1.29, 1.82) is 0 Å². The second kappa shape index (κ2) is 9.04. The number of carbonyl (C=O) groups is 2. The molecule has 0 saturated carbocycles. The number of nitrogens with zero attached hydrogens (tertiary/aromatic N) is 2. The minimum Gasteiger partial charge on any atom is -0.481 e. The van der Waals surface area contributed by atoms with E-state index in [9.17, 15) is 14.7 Å². The second-order valence-electron chi connectivity index (χ2n) is 7.17. The van der Waals surface area contributed by atoms with Crippen LogP contribution in [0.5, 0.6) is 0 Å². The van der Waals surface area contributed by atoms with E-state index in [1.165, 1.54) is 0 Å². The van der Waals surface area contributed by atoms with Crippen LogP contribution in [0.25, 0.3) is 0 Å². The molecule has 7 heteroatoms. The molecule has 1 aromatic carbocycles. The third-order valence-corrected chi connectivity index (χ3v) is 4.65. The van der Waals surface area contributed by atoms with Crippen molar-refractivity contribution >= 4 is 23.5 Å². The van der Waals surface area contributed by atoms with Crippen LogP contribution in [0.15, 0.2) is 24.3 Å². The molecule has 27 heavy (non-hydrogen) atoms. The number of rotatable bonds is 8. The second-order valence-corrected chi connectivity index (χ2v) is 7.61. The number of aromatic nitrogens is 2. The topological polar surface area (TPSA) is 84.2 Å². The van der Waals surface area contributed by atoms with E-state index in [1.54, 1.807) is 24.3 Å². The zero-order valence-electron chi connectivity index (χ0n) is 16.1. The van der Waals surface area contributed by atoms with E-state index < -0.39 is 12.0 Å². The molecule has 0 aliphatic rings. The fourth-order valence-electron chi connectivity index (χ4n) is 3.04. The number of hydrogen-bond donors (Lipinski definition) is 2. The molecule has 2 rings (SSSR count). The number of amides is 1. The number of carboxylic acid groups (broad SMARTS) is 1. The summed E-state index contributed by atoms with van der Waals surface area (Å²) in [4.78, 5) is 23.8. The molecule has 0 aliphatic heterocycles. The van der Waals surface area contributed by atoms with Crippen molar-refractivity contribution < 1.29 is 14.7 Å². The Labute approximate surface area is 164 Å². The summed E-state index contributed by atoms with van der Waals surface area (Å²) in [6.07, 6.45) is -0.0303. The molecule has 2 aromatic rings. The van der Waals surface area contributed by atoms with E-state index in [1.807, 2.05) is 18.5 Å². The summed E-state index contributed by atoms with van der Waals surface area (Å²) in [6, 6.07) is 6.21. The van der Waals surface area contributed by atoms with Gasteiger partial charge in [0.2, 0.25) is 5.91 Å². The van der Waals surface area contributed by atoms with Gasteiger partial charge in [-0.3, -0.25) is 14.3 Å². The van der Waals surface area contributed by atoms with Crippen LogP contribution >= 0.6 is 11.6 Å². The summed E-state index contributed by atoms with van der Waals surface area (Å²) in [7, 11) is 0. The Bertz CT molecular complexity index is 813. The molecule has 0 aliphatic carbocycles. The number of hydrogen-bond acceptors (Lipinski definition) is 3. The van der Waals surface area contributed by atoms with Crippen LogP contribution in [0.1, 0.15) is 48.8 Å². The zero-order valence-corrected chi connectivity index (χ0v) is 16.9. The largest absolute Gasteiger partial charge is 0.481 e. The normalized spacial score (nSPS) is 12.2. The number of aryl methyl sites for hydroxylation is 1. The molecular formula is C20H26ClN3O3. The zero-order chi connectivity index (χ0) is 20.1. The molecule has 1 atom stereocenters. The lowest BCUT2D eigenvalue weighted by Gasteiger charge is -2.18. The van der Waals surface area contributed by atoms with Crippen molar-refractivity contribution in [2.75, 3.05) is 0 Å². The van der Waals surface area contributed by atoms with Crippen molar-refractivity contribution in [1.82, 2.24) is 15.1 Å². The predicted octanol–water partition coefficient (Wildman–Crippen LogP) is 3.68. The highest BCUT2D eigenvalue weighted by molar-refractivity contribution is 6.30. The minimum absolute atomic E-state index is 0.166. The molecule has 1 heterocycles. The molecule has 0 spiro atoms. The molecule has 1 aromatic heterocycles. The average Bonchev–Trinajstić information content (AvgIpc) is 2.81. The highest BCUT2D eigenvalue weighted by Gasteiger charge is 2.21. The molecule has 0 bridgehead atoms. The van der Waals surface area contributed by atoms with Crippen LogP contribution in [0.4, 0.5) is 0 Å². The van der Waals surface area contributed by atoms with Gasteiger partial charge in [0, 0.05) is 22.8 Å². The van der Waals surface area contributed by atoms with Crippen molar-refractivity contribution in [3.8, 4) is 0 Å². The average molecular weight is 392 g/mol. The van der Waals surface area contributed by atoms with Crippen LogP contribution < -0.4 is 5.32 Å².